The number of rotatable bonds is 4. The van der Waals surface area contributed by atoms with Crippen molar-refractivity contribution < 1.29 is 13.9 Å². The molecule has 0 aliphatic heterocycles. The second kappa shape index (κ2) is 6.54. The highest BCUT2D eigenvalue weighted by Crippen LogP contribution is 2.23. The number of amides is 1. The van der Waals surface area contributed by atoms with Crippen LogP contribution in [0.25, 0.3) is 11.5 Å². The standard InChI is InChI=1S/C18H17N3O3/c1-11-7-8-12(2)15(9-11)19-16(22)18-21-20-17(24-18)13-5-4-6-14(10-13)23-3/h4-10H,1-3H3,(H,19,22). The maximum atomic E-state index is 12.3. The number of methoxy groups -OCH3 is 1. The summed E-state index contributed by atoms with van der Waals surface area (Å²) >= 11 is 0. The van der Waals surface area contributed by atoms with Crippen molar-refractivity contribution >= 4 is 11.6 Å². The Morgan fingerprint density at radius 3 is 2.75 bits per heavy atom. The van der Waals surface area contributed by atoms with Crippen LogP contribution in [0, 0.1) is 13.8 Å². The molecule has 0 aliphatic rings. The maximum absolute atomic E-state index is 12.3. The van der Waals surface area contributed by atoms with E-state index < -0.39 is 5.91 Å². The predicted molar refractivity (Wildman–Crippen MR) is 90.2 cm³/mol. The Morgan fingerprint density at radius 1 is 1.12 bits per heavy atom. The predicted octanol–water partition coefficient (Wildman–Crippen LogP) is 3.61. The smallest absolute Gasteiger partial charge is 0.313 e. The van der Waals surface area contributed by atoms with E-state index in [0.29, 0.717) is 11.3 Å². The zero-order valence-electron chi connectivity index (χ0n) is 13.7. The van der Waals surface area contributed by atoms with Crippen LogP contribution in [0.5, 0.6) is 5.75 Å². The monoisotopic (exact) mass is 323 g/mol. The molecule has 6 heteroatoms. The second-order valence-electron chi connectivity index (χ2n) is 5.42. The molecule has 0 saturated carbocycles. The molecule has 0 fully saturated rings. The summed E-state index contributed by atoms with van der Waals surface area (Å²) in [5.74, 6) is 0.408. The molecule has 1 aromatic heterocycles. The summed E-state index contributed by atoms with van der Waals surface area (Å²) in [5.41, 5.74) is 3.42. The molecule has 3 aromatic rings. The number of nitrogens with one attached hydrogen (secondary N) is 1. The van der Waals surface area contributed by atoms with Gasteiger partial charge in [0.25, 0.3) is 0 Å². The number of benzene rings is 2. The number of aromatic nitrogens is 2. The molecule has 0 atom stereocenters. The first-order chi connectivity index (χ1) is 11.6. The molecule has 1 amide bonds. The van der Waals surface area contributed by atoms with E-state index >= 15 is 0 Å². The van der Waals surface area contributed by atoms with E-state index in [1.807, 2.05) is 50.2 Å². The zero-order valence-corrected chi connectivity index (χ0v) is 13.7. The Bertz CT molecular complexity index is 887. The first-order valence-electron chi connectivity index (χ1n) is 7.43. The minimum atomic E-state index is -0.439. The zero-order chi connectivity index (χ0) is 17.1. The summed E-state index contributed by atoms with van der Waals surface area (Å²) in [6.45, 7) is 3.88. The van der Waals surface area contributed by atoms with Gasteiger partial charge in [-0.05, 0) is 49.2 Å². The lowest BCUT2D eigenvalue weighted by Gasteiger charge is -2.07. The molecule has 122 valence electrons. The van der Waals surface area contributed by atoms with Crippen LogP contribution in [0.3, 0.4) is 0 Å². The third-order valence-electron chi connectivity index (χ3n) is 3.58. The Labute approximate surface area is 139 Å². The van der Waals surface area contributed by atoms with Crippen LogP contribution in [-0.2, 0) is 0 Å². The first-order valence-corrected chi connectivity index (χ1v) is 7.43. The Morgan fingerprint density at radius 2 is 1.96 bits per heavy atom. The topological polar surface area (TPSA) is 77.2 Å². The molecule has 0 saturated heterocycles. The number of anilines is 1. The SMILES string of the molecule is COc1cccc(-c2nnc(C(=O)Nc3cc(C)ccc3C)o2)c1. The van der Waals surface area contributed by atoms with Crippen molar-refractivity contribution in [2.45, 2.75) is 13.8 Å². The summed E-state index contributed by atoms with van der Waals surface area (Å²) in [6.07, 6.45) is 0. The lowest BCUT2D eigenvalue weighted by atomic mass is 10.1. The number of carbonyl (C=O) groups excluding carboxylic acids is 1. The molecule has 6 nitrogen and oxygen atoms in total. The van der Waals surface area contributed by atoms with E-state index in [1.54, 1.807) is 13.2 Å². The third kappa shape index (κ3) is 3.27. The van der Waals surface area contributed by atoms with Gasteiger partial charge in [-0.1, -0.05) is 18.2 Å². The summed E-state index contributed by atoms with van der Waals surface area (Å²) in [7, 11) is 1.58. The van der Waals surface area contributed by atoms with Crippen LogP contribution >= 0.6 is 0 Å². The second-order valence-corrected chi connectivity index (χ2v) is 5.42. The van der Waals surface area contributed by atoms with Gasteiger partial charge in [-0.2, -0.15) is 0 Å². The van der Waals surface area contributed by atoms with Crippen LogP contribution in [-0.4, -0.2) is 23.2 Å². The molecule has 2 aromatic carbocycles. The Hall–Kier alpha value is -3.15. The van der Waals surface area contributed by atoms with Gasteiger partial charge in [-0.3, -0.25) is 4.79 Å². The van der Waals surface area contributed by atoms with Crippen LogP contribution in [0.15, 0.2) is 46.9 Å². The van der Waals surface area contributed by atoms with Crippen molar-refractivity contribution in [1.82, 2.24) is 10.2 Å². The highest BCUT2D eigenvalue weighted by molar-refractivity contribution is 6.01. The fourth-order valence-corrected chi connectivity index (χ4v) is 2.23. The number of ether oxygens (including phenoxy) is 1. The van der Waals surface area contributed by atoms with Gasteiger partial charge in [-0.15, -0.1) is 10.2 Å². The third-order valence-corrected chi connectivity index (χ3v) is 3.58. The highest BCUT2D eigenvalue weighted by atomic mass is 16.5. The number of nitrogens with zero attached hydrogens (tertiary/aromatic N) is 2. The normalized spacial score (nSPS) is 10.5. The Kier molecular flexibility index (Phi) is 4.29. The van der Waals surface area contributed by atoms with Gasteiger partial charge >= 0.3 is 11.8 Å². The van der Waals surface area contributed by atoms with Gasteiger partial charge in [0.05, 0.1) is 7.11 Å². The largest absolute Gasteiger partial charge is 0.497 e. The van der Waals surface area contributed by atoms with Crippen molar-refractivity contribution in [2.75, 3.05) is 12.4 Å². The fourth-order valence-electron chi connectivity index (χ4n) is 2.23. The summed E-state index contributed by atoms with van der Waals surface area (Å²) < 4.78 is 10.6. The fraction of sp³-hybridized carbons (Fsp3) is 0.167. The Balaban J connectivity index is 1.82. The van der Waals surface area contributed by atoms with Gasteiger partial charge in [0, 0.05) is 11.3 Å². The summed E-state index contributed by atoms with van der Waals surface area (Å²) in [4.78, 5) is 12.3. The van der Waals surface area contributed by atoms with E-state index in [4.69, 9.17) is 9.15 Å². The summed E-state index contributed by atoms with van der Waals surface area (Å²) in [6, 6.07) is 13.0. The lowest BCUT2D eigenvalue weighted by Crippen LogP contribution is -2.13. The molecular formula is C18H17N3O3. The number of hydrogen-bond donors (Lipinski definition) is 1. The average Bonchev–Trinajstić information content (AvgIpc) is 3.08. The van der Waals surface area contributed by atoms with Gasteiger partial charge in [0.1, 0.15) is 5.75 Å². The van der Waals surface area contributed by atoms with E-state index in [9.17, 15) is 4.79 Å². The van der Waals surface area contributed by atoms with Crippen LogP contribution in [0.1, 0.15) is 21.8 Å². The summed E-state index contributed by atoms with van der Waals surface area (Å²) in [5, 5.41) is 10.6. The molecule has 1 N–H and O–H groups in total. The maximum Gasteiger partial charge on any atom is 0.313 e. The molecule has 0 bridgehead atoms. The molecular weight excluding hydrogens is 306 g/mol. The van der Waals surface area contributed by atoms with E-state index in [1.165, 1.54) is 0 Å². The van der Waals surface area contributed by atoms with E-state index in [-0.39, 0.29) is 11.8 Å². The van der Waals surface area contributed by atoms with Crippen LogP contribution in [0.2, 0.25) is 0 Å². The van der Waals surface area contributed by atoms with Crippen LogP contribution < -0.4 is 10.1 Å². The molecule has 0 spiro atoms. The number of carbonyl (C=O) groups is 1. The number of hydrogen-bond acceptors (Lipinski definition) is 5. The lowest BCUT2D eigenvalue weighted by molar-refractivity contribution is 0.0990. The van der Waals surface area contributed by atoms with Crippen molar-refractivity contribution in [1.29, 1.82) is 0 Å². The van der Waals surface area contributed by atoms with Gasteiger partial charge in [-0.25, -0.2) is 0 Å². The van der Waals surface area contributed by atoms with Crippen molar-refractivity contribution in [3.63, 3.8) is 0 Å². The van der Waals surface area contributed by atoms with Crippen LogP contribution in [0.4, 0.5) is 5.69 Å². The van der Waals surface area contributed by atoms with E-state index in [2.05, 4.69) is 15.5 Å². The molecule has 0 aliphatic carbocycles. The quantitative estimate of drug-likeness (QED) is 0.793. The van der Waals surface area contributed by atoms with Crippen molar-refractivity contribution in [3.05, 3.63) is 59.5 Å². The minimum absolute atomic E-state index is 0.0891. The molecule has 24 heavy (non-hydrogen) atoms. The molecule has 1 heterocycles. The van der Waals surface area contributed by atoms with Gasteiger partial charge < -0.3 is 14.5 Å². The minimum Gasteiger partial charge on any atom is -0.497 e. The molecule has 3 rings (SSSR count). The van der Waals surface area contributed by atoms with Crippen molar-refractivity contribution in [2.24, 2.45) is 0 Å². The van der Waals surface area contributed by atoms with E-state index in [0.717, 1.165) is 16.8 Å². The molecule has 0 radical (unpaired) electrons. The molecule has 0 unspecified atom stereocenters. The highest BCUT2D eigenvalue weighted by Gasteiger charge is 2.17. The van der Waals surface area contributed by atoms with Gasteiger partial charge in [0.2, 0.25) is 5.89 Å². The number of aryl methyl sites for hydroxylation is 2. The first kappa shape index (κ1) is 15.7. The van der Waals surface area contributed by atoms with Gasteiger partial charge in [0.15, 0.2) is 0 Å². The van der Waals surface area contributed by atoms with Crippen molar-refractivity contribution in [3.8, 4) is 17.2 Å². The average molecular weight is 323 g/mol.